The van der Waals surface area contributed by atoms with Crippen LogP contribution in [0.15, 0.2) is 11.4 Å². The largest absolute Gasteiger partial charge is 0.311 e. The Balaban J connectivity index is 2.21. The van der Waals surface area contributed by atoms with Crippen LogP contribution in [0.5, 0.6) is 0 Å². The van der Waals surface area contributed by atoms with Crippen molar-refractivity contribution in [1.82, 2.24) is 5.32 Å². The van der Waals surface area contributed by atoms with E-state index in [0.29, 0.717) is 11.3 Å². The van der Waals surface area contributed by atoms with Crippen LogP contribution in [0.25, 0.3) is 0 Å². The molecular formula is C10H14N2OS2. The maximum Gasteiger partial charge on any atom is 0.100 e. The van der Waals surface area contributed by atoms with Gasteiger partial charge in [-0.05, 0) is 6.07 Å². The molecule has 0 aliphatic rings. The van der Waals surface area contributed by atoms with Crippen LogP contribution in [0.1, 0.15) is 17.4 Å². The molecule has 1 N–H and O–H groups in total. The first-order chi connectivity index (χ1) is 7.26. The Labute approximate surface area is 96.6 Å². The first-order valence-electron chi connectivity index (χ1n) is 4.79. The molecule has 0 aliphatic carbocycles. The Hall–Kier alpha value is -0.700. The number of thiophene rings is 1. The summed E-state index contributed by atoms with van der Waals surface area (Å²) in [6.45, 7) is 3.45. The van der Waals surface area contributed by atoms with Gasteiger partial charge in [-0.15, -0.1) is 11.3 Å². The quantitative estimate of drug-likeness (QED) is 0.769. The SMILES string of the molecule is CCS(=O)CCNCc1cc(C#N)cs1. The Bertz CT molecular complexity index is 368. The zero-order valence-electron chi connectivity index (χ0n) is 8.66. The smallest absolute Gasteiger partial charge is 0.100 e. The fourth-order valence-electron chi connectivity index (χ4n) is 1.07. The molecule has 1 unspecified atom stereocenters. The molecule has 0 fully saturated rings. The van der Waals surface area contributed by atoms with Crippen molar-refractivity contribution in [2.45, 2.75) is 13.5 Å². The van der Waals surface area contributed by atoms with Gasteiger partial charge in [-0.2, -0.15) is 5.26 Å². The van der Waals surface area contributed by atoms with Gasteiger partial charge in [0.2, 0.25) is 0 Å². The van der Waals surface area contributed by atoms with Gasteiger partial charge >= 0.3 is 0 Å². The van der Waals surface area contributed by atoms with Gasteiger partial charge in [0.15, 0.2) is 0 Å². The van der Waals surface area contributed by atoms with Gasteiger partial charge in [-0.3, -0.25) is 4.21 Å². The van der Waals surface area contributed by atoms with Crippen LogP contribution < -0.4 is 5.32 Å². The molecule has 1 heterocycles. The van der Waals surface area contributed by atoms with Crippen molar-refractivity contribution in [2.24, 2.45) is 0 Å². The predicted molar refractivity (Wildman–Crippen MR) is 64.3 cm³/mol. The summed E-state index contributed by atoms with van der Waals surface area (Å²) >= 11 is 1.58. The highest BCUT2D eigenvalue weighted by Crippen LogP contribution is 2.12. The second-order valence-corrected chi connectivity index (χ2v) is 5.88. The zero-order valence-corrected chi connectivity index (χ0v) is 10.3. The lowest BCUT2D eigenvalue weighted by Gasteiger charge is -2.01. The van der Waals surface area contributed by atoms with Crippen LogP contribution in [0.4, 0.5) is 0 Å². The van der Waals surface area contributed by atoms with E-state index in [-0.39, 0.29) is 0 Å². The highest BCUT2D eigenvalue weighted by atomic mass is 32.2. The molecule has 3 nitrogen and oxygen atoms in total. The van der Waals surface area contributed by atoms with E-state index in [9.17, 15) is 4.21 Å². The molecule has 1 rings (SSSR count). The standard InChI is InChI=1S/C10H14N2OS2/c1-2-15(13)4-3-12-7-10-5-9(6-11)8-14-10/h5,8,12H,2-4,7H2,1H3. The molecule has 0 radical (unpaired) electrons. The van der Waals surface area contributed by atoms with Gasteiger partial charge in [0, 0.05) is 45.7 Å². The fourth-order valence-corrected chi connectivity index (χ4v) is 2.51. The first-order valence-corrected chi connectivity index (χ1v) is 7.16. The van der Waals surface area contributed by atoms with Gasteiger partial charge in [-0.1, -0.05) is 6.92 Å². The number of nitrogens with zero attached hydrogens (tertiary/aromatic N) is 1. The molecule has 82 valence electrons. The summed E-state index contributed by atoms with van der Waals surface area (Å²) < 4.78 is 11.1. The molecule has 0 saturated heterocycles. The molecular weight excluding hydrogens is 228 g/mol. The maximum atomic E-state index is 11.1. The van der Waals surface area contributed by atoms with E-state index in [4.69, 9.17) is 5.26 Å². The average molecular weight is 242 g/mol. The molecule has 5 heteroatoms. The maximum absolute atomic E-state index is 11.1. The molecule has 0 spiro atoms. The molecule has 0 amide bonds. The van der Waals surface area contributed by atoms with Crippen molar-refractivity contribution in [2.75, 3.05) is 18.1 Å². The third-order valence-electron chi connectivity index (χ3n) is 1.91. The lowest BCUT2D eigenvalue weighted by atomic mass is 10.3. The lowest BCUT2D eigenvalue weighted by Crippen LogP contribution is -2.20. The van der Waals surface area contributed by atoms with Gasteiger partial charge in [0.1, 0.15) is 6.07 Å². The van der Waals surface area contributed by atoms with E-state index in [1.807, 2.05) is 18.4 Å². The number of rotatable bonds is 6. The first kappa shape index (κ1) is 12.4. The normalized spacial score (nSPS) is 12.3. The molecule has 0 aliphatic heterocycles. The Morgan fingerprint density at radius 1 is 1.67 bits per heavy atom. The molecule has 15 heavy (non-hydrogen) atoms. The van der Waals surface area contributed by atoms with Crippen molar-refractivity contribution >= 4 is 22.1 Å². The number of hydrogen-bond donors (Lipinski definition) is 1. The van der Waals surface area contributed by atoms with Crippen molar-refractivity contribution < 1.29 is 4.21 Å². The minimum atomic E-state index is -0.693. The third-order valence-corrected chi connectivity index (χ3v) is 4.15. The minimum absolute atomic E-state index is 0.693. The van der Waals surface area contributed by atoms with Crippen LogP contribution in [0, 0.1) is 11.3 Å². The molecule has 0 aromatic carbocycles. The molecule has 0 saturated carbocycles. The third kappa shape index (κ3) is 4.56. The molecule has 1 aromatic rings. The fraction of sp³-hybridized carbons (Fsp3) is 0.500. The Kier molecular flexibility index (Phi) is 5.54. The van der Waals surface area contributed by atoms with Crippen LogP contribution in [0.3, 0.4) is 0 Å². The average Bonchev–Trinajstić information content (AvgIpc) is 2.72. The summed E-state index contributed by atoms with van der Waals surface area (Å²) in [5.41, 5.74) is 0.717. The van der Waals surface area contributed by atoms with Crippen LogP contribution in [0.2, 0.25) is 0 Å². The predicted octanol–water partition coefficient (Wildman–Crippen LogP) is 1.48. The summed E-state index contributed by atoms with van der Waals surface area (Å²) in [6, 6.07) is 3.98. The van der Waals surface area contributed by atoms with Gasteiger partial charge in [0.05, 0.1) is 5.56 Å². The van der Waals surface area contributed by atoms with Gasteiger partial charge in [-0.25, -0.2) is 0 Å². The van der Waals surface area contributed by atoms with Gasteiger partial charge < -0.3 is 5.32 Å². The Morgan fingerprint density at radius 3 is 3.07 bits per heavy atom. The summed E-state index contributed by atoms with van der Waals surface area (Å²) in [5, 5.41) is 13.7. The number of hydrogen-bond acceptors (Lipinski definition) is 4. The van der Waals surface area contributed by atoms with Gasteiger partial charge in [0.25, 0.3) is 0 Å². The molecule has 1 atom stereocenters. The summed E-state index contributed by atoms with van der Waals surface area (Å²) in [4.78, 5) is 1.15. The van der Waals surface area contributed by atoms with Crippen LogP contribution in [-0.4, -0.2) is 22.3 Å². The lowest BCUT2D eigenvalue weighted by molar-refractivity contribution is 0.675. The van der Waals surface area contributed by atoms with Crippen molar-refractivity contribution in [1.29, 1.82) is 5.26 Å². The summed E-state index contributed by atoms with van der Waals surface area (Å²) in [6.07, 6.45) is 0. The van der Waals surface area contributed by atoms with Crippen molar-refractivity contribution in [3.05, 3.63) is 21.9 Å². The highest BCUT2D eigenvalue weighted by Gasteiger charge is 1.99. The topological polar surface area (TPSA) is 52.9 Å². The second-order valence-electron chi connectivity index (χ2n) is 3.02. The van der Waals surface area contributed by atoms with Crippen molar-refractivity contribution in [3.63, 3.8) is 0 Å². The van der Waals surface area contributed by atoms with E-state index in [1.165, 1.54) is 0 Å². The molecule has 1 aromatic heterocycles. The second kappa shape index (κ2) is 6.72. The van der Waals surface area contributed by atoms with Crippen LogP contribution in [-0.2, 0) is 17.3 Å². The zero-order chi connectivity index (χ0) is 11.1. The highest BCUT2D eigenvalue weighted by molar-refractivity contribution is 7.84. The number of nitriles is 1. The molecule has 0 bridgehead atoms. The van der Waals surface area contributed by atoms with E-state index in [0.717, 1.165) is 23.7 Å². The van der Waals surface area contributed by atoms with Crippen molar-refractivity contribution in [3.8, 4) is 6.07 Å². The van der Waals surface area contributed by atoms with E-state index < -0.39 is 10.8 Å². The van der Waals surface area contributed by atoms with E-state index in [2.05, 4.69) is 11.4 Å². The number of nitrogens with one attached hydrogen (secondary N) is 1. The summed E-state index contributed by atoms with van der Waals surface area (Å²) in [7, 11) is -0.693. The minimum Gasteiger partial charge on any atom is -0.311 e. The monoisotopic (exact) mass is 242 g/mol. The van der Waals surface area contributed by atoms with E-state index in [1.54, 1.807) is 11.3 Å². The van der Waals surface area contributed by atoms with Crippen LogP contribution >= 0.6 is 11.3 Å². The summed E-state index contributed by atoms with van der Waals surface area (Å²) in [5.74, 6) is 1.42. The van der Waals surface area contributed by atoms with E-state index >= 15 is 0 Å². The Morgan fingerprint density at radius 2 is 2.47 bits per heavy atom.